The molecule has 0 saturated carbocycles. The summed E-state index contributed by atoms with van der Waals surface area (Å²) >= 11 is 4.75. The number of carbonyl (C=O) groups excluding carboxylic acids is 2. The molecule has 12 heteroatoms. The van der Waals surface area contributed by atoms with Gasteiger partial charge in [0.25, 0.3) is 11.5 Å². The van der Waals surface area contributed by atoms with E-state index >= 15 is 0 Å². The number of rotatable bonds is 10. The van der Waals surface area contributed by atoms with Crippen LogP contribution in [0.25, 0.3) is 6.08 Å². The molecule has 2 aliphatic rings. The second kappa shape index (κ2) is 14.0. The van der Waals surface area contributed by atoms with Crippen LogP contribution in [0, 0.1) is 0 Å². The van der Waals surface area contributed by atoms with Crippen molar-refractivity contribution < 1.29 is 28.5 Å². The van der Waals surface area contributed by atoms with Crippen molar-refractivity contribution in [3.8, 4) is 17.2 Å². The van der Waals surface area contributed by atoms with E-state index < -0.39 is 12.0 Å². The van der Waals surface area contributed by atoms with Crippen LogP contribution in [0.2, 0.25) is 0 Å². The van der Waals surface area contributed by atoms with Crippen LogP contribution < -0.4 is 29.1 Å². The summed E-state index contributed by atoms with van der Waals surface area (Å²) in [5.74, 6) is 0.840. The highest BCUT2D eigenvalue weighted by Gasteiger charge is 2.35. The molecule has 238 valence electrons. The largest absolute Gasteiger partial charge is 0.496 e. The minimum Gasteiger partial charge on any atom is -0.496 e. The number of hydrogen-bond donors (Lipinski definition) is 0. The summed E-state index contributed by atoms with van der Waals surface area (Å²) in [5, 5.41) is 0. The van der Waals surface area contributed by atoms with Gasteiger partial charge in [0.1, 0.15) is 11.8 Å². The van der Waals surface area contributed by atoms with Gasteiger partial charge in [0, 0.05) is 23.1 Å². The van der Waals surface area contributed by atoms with E-state index in [1.165, 1.54) is 15.9 Å². The molecule has 1 atom stereocenters. The Bertz CT molecular complexity index is 1820. The molecule has 2 aliphatic heterocycles. The average Bonchev–Trinajstić information content (AvgIpc) is 3.64. The molecule has 0 spiro atoms. The number of methoxy groups -OCH3 is 1. The second-order valence-corrected chi connectivity index (χ2v) is 12.9. The molecule has 0 bridgehead atoms. The molecule has 5 rings (SSSR count). The summed E-state index contributed by atoms with van der Waals surface area (Å²) in [6.45, 7) is 8.99. The fourth-order valence-corrected chi connectivity index (χ4v) is 6.85. The van der Waals surface area contributed by atoms with Gasteiger partial charge < -0.3 is 23.8 Å². The molecule has 2 aromatic carbocycles. The lowest BCUT2D eigenvalue weighted by Gasteiger charge is -2.26. The quantitative estimate of drug-likeness (QED) is 0.290. The van der Waals surface area contributed by atoms with E-state index in [0.717, 1.165) is 30.4 Å². The fraction of sp³-hybridized carbons (Fsp3) is 0.394. The maximum atomic E-state index is 14.1. The third-order valence-electron chi connectivity index (χ3n) is 7.45. The fourth-order valence-electron chi connectivity index (χ4n) is 5.42. The molecule has 45 heavy (non-hydrogen) atoms. The summed E-state index contributed by atoms with van der Waals surface area (Å²) in [7, 11) is 1.55. The van der Waals surface area contributed by atoms with Gasteiger partial charge in [0.2, 0.25) is 0 Å². The zero-order valence-electron chi connectivity index (χ0n) is 25.9. The molecular weight excluding hydrogens is 662 g/mol. The number of benzene rings is 2. The van der Waals surface area contributed by atoms with Crippen LogP contribution in [0.4, 0.5) is 0 Å². The van der Waals surface area contributed by atoms with Crippen LogP contribution in [0.1, 0.15) is 57.7 Å². The Morgan fingerprint density at radius 2 is 1.82 bits per heavy atom. The number of fused-ring (bicyclic) bond motifs is 1. The lowest BCUT2D eigenvalue weighted by atomic mass is 9.95. The number of amides is 1. The van der Waals surface area contributed by atoms with Crippen LogP contribution in [0.3, 0.4) is 0 Å². The van der Waals surface area contributed by atoms with Crippen molar-refractivity contribution >= 4 is 45.2 Å². The minimum atomic E-state index is -0.829. The van der Waals surface area contributed by atoms with Crippen LogP contribution in [0.15, 0.2) is 61.9 Å². The molecule has 1 amide bonds. The zero-order valence-corrected chi connectivity index (χ0v) is 28.3. The maximum absolute atomic E-state index is 14.1. The number of nitrogens with zero attached hydrogens (tertiary/aromatic N) is 3. The third-order valence-corrected chi connectivity index (χ3v) is 8.92. The first-order valence-corrected chi connectivity index (χ1v) is 16.5. The predicted octanol–water partition coefficient (Wildman–Crippen LogP) is 4.36. The van der Waals surface area contributed by atoms with E-state index in [1.807, 2.05) is 25.1 Å². The van der Waals surface area contributed by atoms with Crippen LogP contribution in [-0.4, -0.2) is 60.9 Å². The van der Waals surface area contributed by atoms with E-state index in [-0.39, 0.29) is 29.8 Å². The Morgan fingerprint density at radius 3 is 2.51 bits per heavy atom. The number of allylic oxidation sites excluding steroid dienone is 1. The zero-order chi connectivity index (χ0) is 32.2. The van der Waals surface area contributed by atoms with Gasteiger partial charge >= 0.3 is 5.97 Å². The van der Waals surface area contributed by atoms with Gasteiger partial charge in [-0.15, -0.1) is 0 Å². The maximum Gasteiger partial charge on any atom is 0.338 e. The van der Waals surface area contributed by atoms with Crippen molar-refractivity contribution in [1.82, 2.24) is 9.47 Å². The Balaban J connectivity index is 1.57. The van der Waals surface area contributed by atoms with Gasteiger partial charge in [-0.1, -0.05) is 33.3 Å². The number of likely N-dealkylation sites (tertiary alicyclic amines) is 1. The summed E-state index contributed by atoms with van der Waals surface area (Å²) in [6.07, 6.45) is 3.41. The molecule has 3 heterocycles. The first-order chi connectivity index (χ1) is 21.6. The number of halogens is 1. The first kappa shape index (κ1) is 32.5. The van der Waals surface area contributed by atoms with E-state index in [9.17, 15) is 14.4 Å². The molecule has 1 saturated heterocycles. The third kappa shape index (κ3) is 7.01. The SMILES string of the molecule is CCOc1cc(/C=c2\sc3n(c2=O)[C@@H](c2cc(Br)ccc2OC)C(C(=O)OC(C)C)=C(C)N=3)ccc1OCC(=O)N1CCCC1. The summed E-state index contributed by atoms with van der Waals surface area (Å²) in [6, 6.07) is 9.96. The molecule has 0 radical (unpaired) electrons. The van der Waals surface area contributed by atoms with Crippen molar-refractivity contribution in [2.75, 3.05) is 33.4 Å². The number of carbonyl (C=O) groups is 2. The van der Waals surface area contributed by atoms with E-state index in [1.54, 1.807) is 57.1 Å². The normalized spacial score (nSPS) is 16.5. The molecule has 0 aliphatic carbocycles. The molecule has 1 aromatic heterocycles. The molecule has 1 fully saturated rings. The van der Waals surface area contributed by atoms with Gasteiger partial charge in [-0.25, -0.2) is 9.79 Å². The summed E-state index contributed by atoms with van der Waals surface area (Å²) in [4.78, 5) is 47.0. The lowest BCUT2D eigenvalue weighted by molar-refractivity contribution is -0.143. The van der Waals surface area contributed by atoms with Crippen molar-refractivity contribution in [3.05, 3.63) is 83.0 Å². The standard InChI is InChI=1S/C33H36BrN3O7S/c1-6-42-26-15-21(9-11-25(26)43-18-28(38)36-13-7-8-14-36)16-27-31(39)37-30(23-17-22(34)10-12-24(23)41-5)29(32(40)44-19(2)3)20(4)35-33(37)45-27/h9-12,15-17,19,30H,6-8,13-14,18H2,1-5H3/b27-16-/t30-/m0/s1. The minimum absolute atomic E-state index is 0.0521. The monoisotopic (exact) mass is 697 g/mol. The molecule has 0 unspecified atom stereocenters. The molecular formula is C33H36BrN3O7S. The van der Waals surface area contributed by atoms with Gasteiger partial charge in [0.05, 0.1) is 35.6 Å². The van der Waals surface area contributed by atoms with Crippen molar-refractivity contribution in [2.24, 2.45) is 4.99 Å². The summed E-state index contributed by atoms with van der Waals surface area (Å²) < 4.78 is 25.7. The average molecular weight is 699 g/mol. The number of thiazole rings is 1. The molecule has 10 nitrogen and oxygen atoms in total. The highest BCUT2D eigenvalue weighted by molar-refractivity contribution is 9.10. The van der Waals surface area contributed by atoms with Crippen LogP contribution in [-0.2, 0) is 14.3 Å². The van der Waals surface area contributed by atoms with Crippen molar-refractivity contribution in [1.29, 1.82) is 0 Å². The number of esters is 1. The van der Waals surface area contributed by atoms with Gasteiger partial charge in [0.15, 0.2) is 22.9 Å². The topological polar surface area (TPSA) is 109 Å². The highest BCUT2D eigenvalue weighted by atomic mass is 79.9. The predicted molar refractivity (Wildman–Crippen MR) is 175 cm³/mol. The number of hydrogen-bond acceptors (Lipinski definition) is 9. The van der Waals surface area contributed by atoms with Gasteiger partial charge in [-0.3, -0.25) is 14.2 Å². The van der Waals surface area contributed by atoms with E-state index in [4.69, 9.17) is 18.9 Å². The van der Waals surface area contributed by atoms with Gasteiger partial charge in [-0.05, 0) is 82.5 Å². The smallest absolute Gasteiger partial charge is 0.338 e. The lowest BCUT2D eigenvalue weighted by Crippen LogP contribution is -2.40. The van der Waals surface area contributed by atoms with Crippen molar-refractivity contribution in [3.63, 3.8) is 0 Å². The molecule has 3 aromatic rings. The number of aromatic nitrogens is 1. The molecule has 0 N–H and O–H groups in total. The Kier molecular flexibility index (Phi) is 10.1. The Morgan fingerprint density at radius 1 is 1.09 bits per heavy atom. The Labute approximate surface area is 273 Å². The van der Waals surface area contributed by atoms with Crippen molar-refractivity contribution in [2.45, 2.75) is 52.7 Å². The summed E-state index contributed by atoms with van der Waals surface area (Å²) in [5.41, 5.74) is 1.73. The first-order valence-electron chi connectivity index (χ1n) is 14.9. The second-order valence-electron chi connectivity index (χ2n) is 10.9. The van der Waals surface area contributed by atoms with Crippen LogP contribution >= 0.6 is 27.3 Å². The van der Waals surface area contributed by atoms with Gasteiger partial charge in [-0.2, -0.15) is 0 Å². The number of ether oxygens (including phenoxy) is 4. The highest BCUT2D eigenvalue weighted by Crippen LogP contribution is 2.37. The van der Waals surface area contributed by atoms with E-state index in [0.29, 0.717) is 50.0 Å². The van der Waals surface area contributed by atoms with Crippen LogP contribution in [0.5, 0.6) is 17.2 Å². The van der Waals surface area contributed by atoms with E-state index in [2.05, 4.69) is 20.9 Å². The Hall–Kier alpha value is -3.90.